The third-order valence-electron chi connectivity index (χ3n) is 6.29. The van der Waals surface area contributed by atoms with Gasteiger partial charge in [0.2, 0.25) is 0 Å². The molecule has 0 N–H and O–H groups in total. The highest BCUT2D eigenvalue weighted by Gasteiger charge is 2.34. The van der Waals surface area contributed by atoms with Gasteiger partial charge in [0.25, 0.3) is 11.5 Å². The maximum Gasteiger partial charge on any atom is 0.270 e. The standard InChI is InChI=1S/C24H26N4O3S2/c1-4-27-21(26-9-7-15(2)8-10-26)18(16(3)19(13-25)22(27)29)12-20-23(30)28(24(32)33-20)14-17-6-5-11-31-17/h5-6,11-12,15H,4,7-10,14H2,1-3H3. The van der Waals surface area contributed by atoms with Crippen molar-refractivity contribution in [3.63, 3.8) is 0 Å². The molecule has 0 saturated carbocycles. The van der Waals surface area contributed by atoms with E-state index in [1.807, 2.05) is 6.92 Å². The Labute approximate surface area is 202 Å². The number of carbonyl (C=O) groups excluding carboxylic acids is 1. The van der Waals surface area contributed by atoms with E-state index in [-0.39, 0.29) is 23.6 Å². The molecular weight excluding hydrogens is 456 g/mol. The van der Waals surface area contributed by atoms with Crippen LogP contribution in [0.15, 0.2) is 32.5 Å². The number of furan rings is 1. The monoisotopic (exact) mass is 482 g/mol. The van der Waals surface area contributed by atoms with Gasteiger partial charge in [-0.15, -0.1) is 0 Å². The first kappa shape index (κ1) is 23.3. The number of anilines is 1. The van der Waals surface area contributed by atoms with E-state index < -0.39 is 0 Å². The molecule has 1 amide bonds. The normalized spacial score (nSPS) is 18.4. The van der Waals surface area contributed by atoms with Crippen molar-refractivity contribution >= 4 is 46.1 Å². The van der Waals surface area contributed by atoms with Crippen molar-refractivity contribution in [3.05, 3.63) is 56.1 Å². The maximum atomic E-state index is 13.2. The molecule has 0 unspecified atom stereocenters. The molecule has 33 heavy (non-hydrogen) atoms. The Balaban J connectivity index is 1.82. The highest BCUT2D eigenvalue weighted by molar-refractivity contribution is 8.26. The van der Waals surface area contributed by atoms with Gasteiger partial charge < -0.3 is 9.32 Å². The molecule has 0 bridgehead atoms. The summed E-state index contributed by atoms with van der Waals surface area (Å²) in [6, 6.07) is 5.65. The molecule has 2 aliphatic rings. The van der Waals surface area contributed by atoms with Crippen LogP contribution in [0, 0.1) is 24.2 Å². The summed E-state index contributed by atoms with van der Waals surface area (Å²) < 4.78 is 7.50. The van der Waals surface area contributed by atoms with E-state index in [9.17, 15) is 14.9 Å². The molecule has 4 rings (SSSR count). The molecule has 172 valence electrons. The minimum Gasteiger partial charge on any atom is -0.467 e. The third-order valence-corrected chi connectivity index (χ3v) is 7.67. The van der Waals surface area contributed by atoms with Crippen molar-refractivity contribution < 1.29 is 9.21 Å². The van der Waals surface area contributed by atoms with Gasteiger partial charge in [0.05, 0.1) is 17.7 Å². The number of carbonyl (C=O) groups is 1. The van der Waals surface area contributed by atoms with E-state index in [0.29, 0.717) is 33.0 Å². The predicted octanol–water partition coefficient (Wildman–Crippen LogP) is 4.28. The Morgan fingerprint density at radius 3 is 2.67 bits per heavy atom. The number of aromatic nitrogens is 1. The molecule has 0 aliphatic carbocycles. The van der Waals surface area contributed by atoms with Crippen LogP contribution < -0.4 is 10.5 Å². The van der Waals surface area contributed by atoms with Crippen molar-refractivity contribution in [3.8, 4) is 6.07 Å². The van der Waals surface area contributed by atoms with Gasteiger partial charge in [-0.25, -0.2) is 0 Å². The average molecular weight is 483 g/mol. The van der Waals surface area contributed by atoms with Crippen LogP contribution in [0.25, 0.3) is 6.08 Å². The third kappa shape index (κ3) is 4.37. The molecule has 2 aromatic heterocycles. The quantitative estimate of drug-likeness (QED) is 0.465. The average Bonchev–Trinajstić information content (AvgIpc) is 3.40. The second-order valence-electron chi connectivity index (χ2n) is 8.42. The van der Waals surface area contributed by atoms with Crippen molar-refractivity contribution in [2.24, 2.45) is 5.92 Å². The molecule has 2 aliphatic heterocycles. The second-order valence-corrected chi connectivity index (χ2v) is 10.1. The number of nitriles is 1. The van der Waals surface area contributed by atoms with Gasteiger partial charge in [0.15, 0.2) is 0 Å². The van der Waals surface area contributed by atoms with Crippen LogP contribution in [0.5, 0.6) is 0 Å². The van der Waals surface area contributed by atoms with Crippen LogP contribution >= 0.6 is 24.0 Å². The number of pyridine rings is 1. The number of nitrogens with zero attached hydrogens (tertiary/aromatic N) is 4. The van der Waals surface area contributed by atoms with Crippen LogP contribution in [-0.2, 0) is 17.9 Å². The van der Waals surface area contributed by atoms with Gasteiger partial charge in [-0.05, 0) is 56.4 Å². The summed E-state index contributed by atoms with van der Waals surface area (Å²) in [6.07, 6.45) is 5.43. The first-order chi connectivity index (χ1) is 15.8. The summed E-state index contributed by atoms with van der Waals surface area (Å²) in [6.45, 7) is 8.28. The van der Waals surface area contributed by atoms with Crippen molar-refractivity contribution in [2.75, 3.05) is 18.0 Å². The Kier molecular flexibility index (Phi) is 6.77. The maximum absolute atomic E-state index is 13.2. The van der Waals surface area contributed by atoms with Crippen LogP contribution in [0.2, 0.25) is 0 Å². The fourth-order valence-electron chi connectivity index (χ4n) is 4.32. The fourth-order valence-corrected chi connectivity index (χ4v) is 5.56. The first-order valence-electron chi connectivity index (χ1n) is 11.1. The molecule has 0 atom stereocenters. The van der Waals surface area contributed by atoms with Gasteiger partial charge in [-0.3, -0.25) is 19.1 Å². The molecule has 7 nitrogen and oxygen atoms in total. The summed E-state index contributed by atoms with van der Waals surface area (Å²) in [5.41, 5.74) is 1.16. The van der Waals surface area contributed by atoms with E-state index in [2.05, 4.69) is 17.9 Å². The van der Waals surface area contributed by atoms with Crippen LogP contribution in [0.3, 0.4) is 0 Å². The minimum atomic E-state index is -0.284. The Morgan fingerprint density at radius 2 is 2.06 bits per heavy atom. The number of thioether (sulfide) groups is 1. The molecule has 2 aromatic rings. The SMILES string of the molecule is CCn1c(N2CCC(C)CC2)c(C=C2SC(=S)N(Cc3ccco3)C2=O)c(C)c(C#N)c1=O. The van der Waals surface area contributed by atoms with Crippen molar-refractivity contribution in [2.45, 2.75) is 46.7 Å². The molecule has 0 radical (unpaired) electrons. The summed E-state index contributed by atoms with van der Waals surface area (Å²) >= 11 is 6.71. The number of piperidine rings is 1. The Hall–Kier alpha value is -2.83. The lowest BCUT2D eigenvalue weighted by atomic mass is 9.97. The van der Waals surface area contributed by atoms with Crippen molar-refractivity contribution in [1.29, 1.82) is 5.26 Å². The summed E-state index contributed by atoms with van der Waals surface area (Å²) in [4.78, 5) is 30.5. The summed E-state index contributed by atoms with van der Waals surface area (Å²) in [5, 5.41) is 9.71. The van der Waals surface area contributed by atoms with Gasteiger partial charge in [0.1, 0.15) is 27.5 Å². The highest BCUT2D eigenvalue weighted by Crippen LogP contribution is 2.37. The Bertz CT molecular complexity index is 1220. The fraction of sp³-hybridized carbons (Fsp3) is 0.417. The Morgan fingerprint density at radius 1 is 1.33 bits per heavy atom. The van der Waals surface area contributed by atoms with Gasteiger partial charge in [-0.1, -0.05) is 30.9 Å². The molecule has 2 fully saturated rings. The van der Waals surface area contributed by atoms with E-state index in [4.69, 9.17) is 16.6 Å². The summed E-state index contributed by atoms with van der Waals surface area (Å²) in [5.74, 6) is 1.86. The van der Waals surface area contributed by atoms with E-state index in [1.54, 1.807) is 36.0 Å². The second kappa shape index (κ2) is 9.57. The van der Waals surface area contributed by atoms with Crippen molar-refractivity contribution in [1.82, 2.24) is 9.47 Å². The molecule has 4 heterocycles. The largest absolute Gasteiger partial charge is 0.467 e. The van der Waals surface area contributed by atoms with Crippen LogP contribution in [-0.4, -0.2) is 32.8 Å². The van der Waals surface area contributed by atoms with Crippen LogP contribution in [0.1, 0.15) is 49.1 Å². The number of thiocarbonyl (C=S) groups is 1. The van der Waals surface area contributed by atoms with Crippen LogP contribution in [0.4, 0.5) is 5.82 Å². The van der Waals surface area contributed by atoms with Gasteiger partial charge >= 0.3 is 0 Å². The molecule has 2 saturated heterocycles. The number of amides is 1. The van der Waals surface area contributed by atoms with E-state index >= 15 is 0 Å². The van der Waals surface area contributed by atoms with E-state index in [0.717, 1.165) is 37.3 Å². The lowest BCUT2D eigenvalue weighted by Crippen LogP contribution is -2.39. The number of hydrogen-bond acceptors (Lipinski definition) is 7. The number of rotatable bonds is 5. The topological polar surface area (TPSA) is 82.5 Å². The molecule has 0 aromatic carbocycles. The predicted molar refractivity (Wildman–Crippen MR) is 134 cm³/mol. The molecule has 0 spiro atoms. The smallest absolute Gasteiger partial charge is 0.270 e. The minimum absolute atomic E-state index is 0.114. The first-order valence-corrected chi connectivity index (χ1v) is 12.3. The lowest BCUT2D eigenvalue weighted by Gasteiger charge is -2.35. The zero-order chi connectivity index (χ0) is 23.7. The zero-order valence-corrected chi connectivity index (χ0v) is 20.6. The number of hydrogen-bond donors (Lipinski definition) is 0. The van der Waals surface area contributed by atoms with E-state index in [1.165, 1.54) is 16.7 Å². The zero-order valence-electron chi connectivity index (χ0n) is 19.0. The summed E-state index contributed by atoms with van der Waals surface area (Å²) in [7, 11) is 0. The van der Waals surface area contributed by atoms with Gasteiger partial charge in [0, 0.05) is 25.2 Å². The molecule has 9 heteroatoms. The molecular formula is C24H26N4O3S2. The lowest BCUT2D eigenvalue weighted by molar-refractivity contribution is -0.122. The highest BCUT2D eigenvalue weighted by atomic mass is 32.2. The van der Waals surface area contributed by atoms with Gasteiger partial charge in [-0.2, -0.15) is 5.26 Å².